The maximum atomic E-state index is 11.5. The van der Waals surface area contributed by atoms with Crippen LogP contribution in [0.15, 0.2) is 24.3 Å². The Morgan fingerprint density at radius 2 is 1.50 bits per heavy atom. The molecule has 0 bridgehead atoms. The van der Waals surface area contributed by atoms with Crippen LogP contribution in [-0.2, 0) is 13.1 Å². The molecular formula is C19H33N3O2. The molecule has 0 saturated heterocycles. The topological polar surface area (TPSA) is 69.8 Å². The Labute approximate surface area is 146 Å². The van der Waals surface area contributed by atoms with Gasteiger partial charge in [-0.05, 0) is 56.4 Å². The van der Waals surface area contributed by atoms with Crippen LogP contribution in [0.2, 0.25) is 0 Å². The van der Waals surface area contributed by atoms with E-state index in [2.05, 4.69) is 18.7 Å². The maximum Gasteiger partial charge on any atom is 0.407 e. The predicted molar refractivity (Wildman–Crippen MR) is 99.0 cm³/mol. The highest BCUT2D eigenvalue weighted by atomic mass is 16.4. The molecule has 0 aliphatic heterocycles. The first-order chi connectivity index (χ1) is 11.6. The van der Waals surface area contributed by atoms with Crippen molar-refractivity contribution in [2.75, 3.05) is 26.2 Å². The summed E-state index contributed by atoms with van der Waals surface area (Å²) >= 11 is 0. The molecule has 5 heteroatoms. The molecule has 136 valence electrons. The van der Waals surface area contributed by atoms with E-state index in [4.69, 9.17) is 5.73 Å². The fraction of sp³-hybridized carbons (Fsp3) is 0.632. The molecule has 5 nitrogen and oxygen atoms in total. The van der Waals surface area contributed by atoms with Crippen LogP contribution in [0.5, 0.6) is 0 Å². The fourth-order valence-electron chi connectivity index (χ4n) is 2.85. The van der Waals surface area contributed by atoms with Crippen LogP contribution < -0.4 is 5.73 Å². The molecule has 0 heterocycles. The molecule has 1 aromatic carbocycles. The number of carboxylic acid groups (broad SMARTS) is 1. The monoisotopic (exact) mass is 335 g/mol. The van der Waals surface area contributed by atoms with Crippen LogP contribution in [0.3, 0.4) is 0 Å². The Morgan fingerprint density at radius 3 is 2.00 bits per heavy atom. The number of nitrogens with zero attached hydrogens (tertiary/aromatic N) is 2. The first kappa shape index (κ1) is 20.5. The third kappa shape index (κ3) is 7.79. The van der Waals surface area contributed by atoms with Crippen molar-refractivity contribution in [3.63, 3.8) is 0 Å². The molecule has 0 spiro atoms. The summed E-state index contributed by atoms with van der Waals surface area (Å²) in [5.74, 6) is 0. The Kier molecular flexibility index (Phi) is 10.1. The zero-order valence-corrected chi connectivity index (χ0v) is 15.2. The molecule has 0 saturated carbocycles. The summed E-state index contributed by atoms with van der Waals surface area (Å²) in [5, 5.41) is 9.41. The Balaban J connectivity index is 2.41. The minimum absolute atomic E-state index is 0.438. The van der Waals surface area contributed by atoms with Crippen LogP contribution in [0.1, 0.15) is 50.7 Å². The van der Waals surface area contributed by atoms with Crippen LogP contribution in [-0.4, -0.2) is 47.2 Å². The zero-order valence-electron chi connectivity index (χ0n) is 15.2. The lowest BCUT2D eigenvalue weighted by atomic mass is 10.1. The van der Waals surface area contributed by atoms with Crippen molar-refractivity contribution in [1.82, 2.24) is 9.80 Å². The molecule has 0 unspecified atom stereocenters. The lowest BCUT2D eigenvalue weighted by Gasteiger charge is -2.22. The third-order valence-electron chi connectivity index (χ3n) is 4.13. The molecule has 0 fully saturated rings. The van der Waals surface area contributed by atoms with E-state index in [1.165, 1.54) is 17.7 Å². The molecule has 1 amide bonds. The number of nitrogens with two attached hydrogens (primary N) is 1. The SMILES string of the molecule is CCCN(CCC)CCCCN(Cc1ccc(CN)cc1)C(=O)O. The summed E-state index contributed by atoms with van der Waals surface area (Å²) in [5.41, 5.74) is 7.66. The maximum absolute atomic E-state index is 11.5. The summed E-state index contributed by atoms with van der Waals surface area (Å²) in [6.07, 6.45) is 3.42. The van der Waals surface area contributed by atoms with Crippen molar-refractivity contribution in [1.29, 1.82) is 0 Å². The normalized spacial score (nSPS) is 11.0. The highest BCUT2D eigenvalue weighted by Crippen LogP contribution is 2.09. The Bertz CT molecular complexity index is 456. The van der Waals surface area contributed by atoms with Crippen molar-refractivity contribution in [3.05, 3.63) is 35.4 Å². The number of amides is 1. The van der Waals surface area contributed by atoms with Gasteiger partial charge in [0.2, 0.25) is 0 Å². The second-order valence-corrected chi connectivity index (χ2v) is 6.27. The molecule has 1 rings (SSSR count). The molecule has 1 aromatic rings. The van der Waals surface area contributed by atoms with E-state index >= 15 is 0 Å². The molecule has 0 atom stereocenters. The molecule has 0 aromatic heterocycles. The number of benzene rings is 1. The number of hydrogen-bond acceptors (Lipinski definition) is 3. The summed E-state index contributed by atoms with van der Waals surface area (Å²) in [7, 11) is 0. The van der Waals surface area contributed by atoms with Gasteiger partial charge in [0.15, 0.2) is 0 Å². The smallest absolute Gasteiger partial charge is 0.407 e. The van der Waals surface area contributed by atoms with Crippen LogP contribution >= 0.6 is 0 Å². The number of unbranched alkanes of at least 4 members (excludes halogenated alkanes) is 1. The summed E-state index contributed by atoms with van der Waals surface area (Å²) in [6.45, 7) is 9.24. The molecule has 0 radical (unpaired) electrons. The fourth-order valence-corrected chi connectivity index (χ4v) is 2.85. The number of rotatable bonds is 12. The van der Waals surface area contributed by atoms with E-state index in [-0.39, 0.29) is 0 Å². The van der Waals surface area contributed by atoms with E-state index in [9.17, 15) is 9.90 Å². The lowest BCUT2D eigenvalue weighted by Crippen LogP contribution is -2.31. The van der Waals surface area contributed by atoms with Gasteiger partial charge in [0.1, 0.15) is 0 Å². The van der Waals surface area contributed by atoms with Gasteiger partial charge in [-0.3, -0.25) is 0 Å². The molecule has 0 aliphatic rings. The van der Waals surface area contributed by atoms with Gasteiger partial charge in [-0.1, -0.05) is 38.1 Å². The van der Waals surface area contributed by atoms with Gasteiger partial charge in [0.25, 0.3) is 0 Å². The molecule has 3 N–H and O–H groups in total. The summed E-state index contributed by atoms with van der Waals surface area (Å²) < 4.78 is 0. The molecular weight excluding hydrogens is 302 g/mol. The van der Waals surface area contributed by atoms with E-state index in [1.807, 2.05) is 24.3 Å². The van der Waals surface area contributed by atoms with Gasteiger partial charge in [0, 0.05) is 19.6 Å². The second-order valence-electron chi connectivity index (χ2n) is 6.27. The lowest BCUT2D eigenvalue weighted by molar-refractivity contribution is 0.140. The first-order valence-electron chi connectivity index (χ1n) is 9.08. The third-order valence-corrected chi connectivity index (χ3v) is 4.13. The Morgan fingerprint density at radius 1 is 0.958 bits per heavy atom. The average Bonchev–Trinajstić information content (AvgIpc) is 2.58. The molecule has 0 aliphatic carbocycles. The van der Waals surface area contributed by atoms with Gasteiger partial charge in [-0.25, -0.2) is 4.79 Å². The van der Waals surface area contributed by atoms with Crippen LogP contribution in [0.25, 0.3) is 0 Å². The summed E-state index contributed by atoms with van der Waals surface area (Å²) in [6, 6.07) is 7.84. The van der Waals surface area contributed by atoms with Gasteiger partial charge in [-0.2, -0.15) is 0 Å². The quantitative estimate of drug-likeness (QED) is 0.573. The Hall–Kier alpha value is -1.59. The van der Waals surface area contributed by atoms with Gasteiger partial charge < -0.3 is 20.6 Å². The van der Waals surface area contributed by atoms with Crippen molar-refractivity contribution in [2.24, 2.45) is 5.73 Å². The average molecular weight is 335 g/mol. The summed E-state index contributed by atoms with van der Waals surface area (Å²) in [4.78, 5) is 15.4. The van der Waals surface area contributed by atoms with Crippen molar-refractivity contribution in [3.8, 4) is 0 Å². The van der Waals surface area contributed by atoms with E-state index in [0.717, 1.165) is 43.6 Å². The van der Waals surface area contributed by atoms with Gasteiger partial charge in [0.05, 0.1) is 0 Å². The van der Waals surface area contributed by atoms with Gasteiger partial charge >= 0.3 is 6.09 Å². The van der Waals surface area contributed by atoms with Crippen molar-refractivity contribution < 1.29 is 9.90 Å². The van der Waals surface area contributed by atoms with E-state index in [1.54, 1.807) is 0 Å². The van der Waals surface area contributed by atoms with Gasteiger partial charge in [-0.15, -0.1) is 0 Å². The first-order valence-corrected chi connectivity index (χ1v) is 9.08. The number of carbonyl (C=O) groups is 1. The van der Waals surface area contributed by atoms with E-state index < -0.39 is 6.09 Å². The minimum atomic E-state index is -0.850. The van der Waals surface area contributed by atoms with Crippen molar-refractivity contribution in [2.45, 2.75) is 52.6 Å². The van der Waals surface area contributed by atoms with Crippen molar-refractivity contribution >= 4 is 6.09 Å². The zero-order chi connectivity index (χ0) is 17.8. The van der Waals surface area contributed by atoms with Crippen LogP contribution in [0.4, 0.5) is 4.79 Å². The minimum Gasteiger partial charge on any atom is -0.465 e. The second kappa shape index (κ2) is 11.9. The largest absolute Gasteiger partial charge is 0.465 e. The molecule has 24 heavy (non-hydrogen) atoms. The highest BCUT2D eigenvalue weighted by molar-refractivity contribution is 5.64. The number of hydrogen-bond donors (Lipinski definition) is 2. The van der Waals surface area contributed by atoms with Crippen LogP contribution in [0, 0.1) is 0 Å². The highest BCUT2D eigenvalue weighted by Gasteiger charge is 2.12. The predicted octanol–water partition coefficient (Wildman–Crippen LogP) is 3.53. The van der Waals surface area contributed by atoms with E-state index in [0.29, 0.717) is 19.6 Å². The standard InChI is InChI=1S/C19H33N3O2/c1-3-11-21(12-4-2)13-5-6-14-22(19(23)24)16-18-9-7-17(15-20)8-10-18/h7-10H,3-6,11-16,20H2,1-2H3,(H,23,24).